The lowest BCUT2D eigenvalue weighted by Gasteiger charge is -2.26. The first-order valence-corrected chi connectivity index (χ1v) is 9.64. The van der Waals surface area contributed by atoms with Gasteiger partial charge in [-0.25, -0.2) is 0 Å². The molecule has 1 aliphatic carbocycles. The molecule has 4 aromatic rings. The number of fused-ring (bicyclic) bond motifs is 2. The summed E-state index contributed by atoms with van der Waals surface area (Å²) in [5.74, 6) is 0.0633. The van der Waals surface area contributed by atoms with Crippen molar-refractivity contribution in [2.24, 2.45) is 0 Å². The van der Waals surface area contributed by atoms with Crippen molar-refractivity contribution in [1.29, 1.82) is 0 Å². The van der Waals surface area contributed by atoms with Crippen molar-refractivity contribution in [3.05, 3.63) is 137 Å². The van der Waals surface area contributed by atoms with Crippen molar-refractivity contribution in [3.63, 3.8) is 0 Å². The highest BCUT2D eigenvalue weighted by molar-refractivity contribution is 6.22. The minimum atomic E-state index is 0.0633. The SMILES string of the molecule is Nc1ccccc1C(=C1c2ccccc2C(=O)c2ccccc21)c1ccccc1. The van der Waals surface area contributed by atoms with Crippen LogP contribution >= 0.6 is 0 Å². The Morgan fingerprint density at radius 2 is 1.03 bits per heavy atom. The van der Waals surface area contributed by atoms with Crippen LogP contribution in [0.15, 0.2) is 103 Å². The first kappa shape index (κ1) is 17.2. The van der Waals surface area contributed by atoms with Crippen molar-refractivity contribution in [2.45, 2.75) is 0 Å². The normalized spacial score (nSPS) is 12.3. The van der Waals surface area contributed by atoms with E-state index in [0.29, 0.717) is 5.69 Å². The summed E-state index contributed by atoms with van der Waals surface area (Å²) in [6.45, 7) is 0. The van der Waals surface area contributed by atoms with Gasteiger partial charge in [0.25, 0.3) is 0 Å². The second kappa shape index (κ2) is 6.92. The summed E-state index contributed by atoms with van der Waals surface area (Å²) >= 11 is 0. The van der Waals surface area contributed by atoms with E-state index < -0.39 is 0 Å². The van der Waals surface area contributed by atoms with E-state index in [1.165, 1.54) is 0 Å². The van der Waals surface area contributed by atoms with Gasteiger partial charge in [0.05, 0.1) is 0 Å². The van der Waals surface area contributed by atoms with E-state index in [4.69, 9.17) is 5.73 Å². The number of rotatable bonds is 2. The van der Waals surface area contributed by atoms with Crippen LogP contribution in [0.3, 0.4) is 0 Å². The zero-order chi connectivity index (χ0) is 19.8. The standard InChI is InChI=1S/C27H19NO/c28-24-17-9-8-16-23(24)25(18-10-2-1-3-11-18)26-19-12-4-6-14-21(19)27(29)22-15-7-5-13-20(22)26/h1-17H,28H2. The van der Waals surface area contributed by atoms with E-state index >= 15 is 0 Å². The molecule has 0 fully saturated rings. The fourth-order valence-corrected chi connectivity index (χ4v) is 4.12. The molecular weight excluding hydrogens is 354 g/mol. The van der Waals surface area contributed by atoms with Crippen molar-refractivity contribution < 1.29 is 4.79 Å². The Kier molecular flexibility index (Phi) is 4.10. The topological polar surface area (TPSA) is 43.1 Å². The molecule has 0 unspecified atom stereocenters. The minimum absolute atomic E-state index is 0.0633. The highest BCUT2D eigenvalue weighted by Gasteiger charge is 2.29. The first-order valence-electron chi connectivity index (χ1n) is 9.64. The van der Waals surface area contributed by atoms with Crippen molar-refractivity contribution in [2.75, 3.05) is 5.73 Å². The molecule has 138 valence electrons. The average Bonchev–Trinajstić information content (AvgIpc) is 2.78. The van der Waals surface area contributed by atoms with Gasteiger partial charge in [-0.3, -0.25) is 4.79 Å². The van der Waals surface area contributed by atoms with Crippen molar-refractivity contribution in [3.8, 4) is 0 Å². The fraction of sp³-hybridized carbons (Fsp3) is 0. The third kappa shape index (κ3) is 2.77. The molecule has 0 saturated carbocycles. The van der Waals surface area contributed by atoms with Crippen molar-refractivity contribution in [1.82, 2.24) is 0 Å². The van der Waals surface area contributed by atoms with Gasteiger partial charge in [-0.2, -0.15) is 0 Å². The monoisotopic (exact) mass is 373 g/mol. The summed E-state index contributed by atoms with van der Waals surface area (Å²) in [5, 5.41) is 0. The summed E-state index contributed by atoms with van der Waals surface area (Å²) in [6.07, 6.45) is 0. The summed E-state index contributed by atoms with van der Waals surface area (Å²) in [5.41, 5.74) is 14.6. The molecule has 0 aliphatic heterocycles. The number of benzene rings is 4. The Hall–Kier alpha value is -3.91. The second-order valence-electron chi connectivity index (χ2n) is 7.12. The summed E-state index contributed by atoms with van der Waals surface area (Å²) in [4.78, 5) is 13.2. The number of nitrogen functional groups attached to an aromatic ring is 1. The smallest absolute Gasteiger partial charge is 0.194 e. The molecule has 0 saturated heterocycles. The van der Waals surface area contributed by atoms with Gasteiger partial charge < -0.3 is 5.73 Å². The largest absolute Gasteiger partial charge is 0.398 e. The molecule has 0 atom stereocenters. The van der Waals surface area contributed by atoms with Gasteiger partial charge in [0.15, 0.2) is 5.78 Å². The van der Waals surface area contributed by atoms with Crippen LogP contribution in [0.2, 0.25) is 0 Å². The summed E-state index contributed by atoms with van der Waals surface area (Å²) < 4.78 is 0. The van der Waals surface area contributed by atoms with E-state index in [-0.39, 0.29) is 5.78 Å². The predicted molar refractivity (Wildman–Crippen MR) is 119 cm³/mol. The summed E-state index contributed by atoms with van der Waals surface area (Å²) in [6, 6.07) is 33.8. The molecule has 0 heterocycles. The van der Waals surface area contributed by atoms with Crippen LogP contribution in [0.25, 0.3) is 11.1 Å². The van der Waals surface area contributed by atoms with Crippen LogP contribution in [0.4, 0.5) is 5.69 Å². The quantitative estimate of drug-likeness (QED) is 0.396. The second-order valence-corrected chi connectivity index (χ2v) is 7.12. The van der Waals surface area contributed by atoms with Crippen LogP contribution in [-0.2, 0) is 0 Å². The molecule has 0 amide bonds. The molecule has 4 aromatic carbocycles. The predicted octanol–water partition coefficient (Wildman–Crippen LogP) is 5.82. The molecule has 0 aromatic heterocycles. The van der Waals surface area contributed by atoms with Gasteiger partial charge in [0, 0.05) is 22.4 Å². The molecular formula is C27H19NO. The van der Waals surface area contributed by atoms with Gasteiger partial charge in [0.2, 0.25) is 0 Å². The molecule has 0 spiro atoms. The van der Waals surface area contributed by atoms with E-state index in [9.17, 15) is 4.79 Å². The summed E-state index contributed by atoms with van der Waals surface area (Å²) in [7, 11) is 0. The number of nitrogens with two attached hydrogens (primary N) is 1. The minimum Gasteiger partial charge on any atom is -0.398 e. The maximum absolute atomic E-state index is 13.2. The maximum Gasteiger partial charge on any atom is 0.194 e. The Labute approximate surface area is 170 Å². The first-order chi connectivity index (χ1) is 14.3. The van der Waals surface area contributed by atoms with E-state index in [1.807, 2.05) is 91.0 Å². The van der Waals surface area contributed by atoms with Gasteiger partial charge in [0.1, 0.15) is 0 Å². The highest BCUT2D eigenvalue weighted by Crippen LogP contribution is 2.43. The van der Waals surface area contributed by atoms with Gasteiger partial charge >= 0.3 is 0 Å². The van der Waals surface area contributed by atoms with Gasteiger partial charge in [-0.15, -0.1) is 0 Å². The number of carbonyl (C=O) groups is 1. The van der Waals surface area contributed by atoms with Gasteiger partial charge in [-0.1, -0.05) is 97.1 Å². The van der Waals surface area contributed by atoms with Crippen LogP contribution < -0.4 is 5.73 Å². The van der Waals surface area contributed by atoms with E-state index in [0.717, 1.165) is 44.5 Å². The Morgan fingerprint density at radius 1 is 0.552 bits per heavy atom. The highest BCUT2D eigenvalue weighted by atomic mass is 16.1. The molecule has 2 heteroatoms. The Bertz CT molecular complexity index is 1220. The van der Waals surface area contributed by atoms with Crippen LogP contribution in [0.5, 0.6) is 0 Å². The molecule has 1 aliphatic rings. The maximum atomic E-state index is 13.2. The lowest BCUT2D eigenvalue weighted by atomic mass is 9.76. The number of hydrogen-bond donors (Lipinski definition) is 1. The third-order valence-electron chi connectivity index (χ3n) is 5.42. The molecule has 2 nitrogen and oxygen atoms in total. The number of para-hydroxylation sites is 1. The molecule has 2 N–H and O–H groups in total. The van der Waals surface area contributed by atoms with Gasteiger partial charge in [-0.05, 0) is 33.9 Å². The lowest BCUT2D eigenvalue weighted by molar-refractivity contribution is 0.103. The third-order valence-corrected chi connectivity index (χ3v) is 5.42. The zero-order valence-electron chi connectivity index (χ0n) is 15.8. The molecule has 0 bridgehead atoms. The Morgan fingerprint density at radius 3 is 1.62 bits per heavy atom. The van der Waals surface area contributed by atoms with Crippen LogP contribution in [0, 0.1) is 0 Å². The number of anilines is 1. The zero-order valence-corrected chi connectivity index (χ0v) is 15.8. The Balaban J connectivity index is 1.98. The lowest BCUT2D eigenvalue weighted by Crippen LogP contribution is -2.15. The number of ketones is 1. The van der Waals surface area contributed by atoms with E-state index in [2.05, 4.69) is 12.1 Å². The number of carbonyl (C=O) groups excluding carboxylic acids is 1. The van der Waals surface area contributed by atoms with E-state index in [1.54, 1.807) is 0 Å². The molecule has 5 rings (SSSR count). The fourth-order valence-electron chi connectivity index (χ4n) is 4.12. The van der Waals surface area contributed by atoms with Crippen LogP contribution in [0.1, 0.15) is 38.2 Å². The van der Waals surface area contributed by atoms with Crippen molar-refractivity contribution >= 4 is 22.6 Å². The number of hydrogen-bond acceptors (Lipinski definition) is 2. The van der Waals surface area contributed by atoms with Crippen LogP contribution in [-0.4, -0.2) is 5.78 Å². The average molecular weight is 373 g/mol. The molecule has 0 radical (unpaired) electrons. The molecule has 29 heavy (non-hydrogen) atoms.